The number of thioether (sulfide) groups is 1. The molecule has 1 saturated heterocycles. The van der Waals surface area contributed by atoms with Gasteiger partial charge in [-0.3, -0.25) is 14.5 Å². The van der Waals surface area contributed by atoms with Crippen LogP contribution in [0.4, 0.5) is 5.69 Å². The Balaban J connectivity index is 1.97. The van der Waals surface area contributed by atoms with Crippen LogP contribution in [-0.2, 0) is 4.79 Å². The summed E-state index contributed by atoms with van der Waals surface area (Å²) in [4.78, 5) is 30.1. The third kappa shape index (κ3) is 3.12. The Labute approximate surface area is 138 Å². The lowest BCUT2D eigenvalue weighted by Crippen LogP contribution is -2.30. The van der Waals surface area contributed by atoms with Crippen LogP contribution in [0.15, 0.2) is 59.6 Å². The number of para-hydroxylation sites is 2. The Morgan fingerprint density at radius 2 is 1.83 bits per heavy atom. The molecule has 23 heavy (non-hydrogen) atoms. The van der Waals surface area contributed by atoms with E-state index in [1.807, 2.05) is 18.2 Å². The molecule has 116 valence electrons. The van der Waals surface area contributed by atoms with E-state index in [4.69, 9.17) is 4.74 Å². The third-order valence-corrected chi connectivity index (χ3v) is 4.23. The summed E-state index contributed by atoms with van der Waals surface area (Å²) in [7, 11) is 1.54. The molecule has 0 saturated carbocycles. The van der Waals surface area contributed by atoms with E-state index in [9.17, 15) is 9.59 Å². The van der Waals surface area contributed by atoms with E-state index in [-0.39, 0.29) is 17.6 Å². The van der Waals surface area contributed by atoms with Gasteiger partial charge in [0.1, 0.15) is 5.75 Å². The second-order valence-electron chi connectivity index (χ2n) is 4.76. The van der Waals surface area contributed by atoms with Gasteiger partial charge >= 0.3 is 0 Å². The number of amides is 2. The van der Waals surface area contributed by atoms with Crippen molar-refractivity contribution in [1.82, 2.24) is 0 Å². The number of nitrogens with zero attached hydrogens (tertiary/aromatic N) is 2. The minimum absolute atomic E-state index is 0.126. The quantitative estimate of drug-likeness (QED) is 0.870. The predicted molar refractivity (Wildman–Crippen MR) is 91.1 cm³/mol. The number of carbonyl (C=O) groups is 2. The highest BCUT2D eigenvalue weighted by Crippen LogP contribution is 2.33. The van der Waals surface area contributed by atoms with Crippen LogP contribution < -0.4 is 9.64 Å². The Morgan fingerprint density at radius 1 is 1.13 bits per heavy atom. The zero-order chi connectivity index (χ0) is 16.2. The molecule has 5 nitrogen and oxygen atoms in total. The van der Waals surface area contributed by atoms with Crippen LogP contribution >= 0.6 is 11.8 Å². The standard InChI is InChI=1S/C17H14N2O3S/c1-22-14-10-6-5-9-13(14)19-15(20)11-23-17(19)18-16(21)12-7-3-2-4-8-12/h2-10H,11H2,1H3. The van der Waals surface area contributed by atoms with Crippen molar-refractivity contribution < 1.29 is 14.3 Å². The van der Waals surface area contributed by atoms with Gasteiger partial charge < -0.3 is 4.74 Å². The monoisotopic (exact) mass is 326 g/mol. The topological polar surface area (TPSA) is 59.0 Å². The van der Waals surface area contributed by atoms with Gasteiger partial charge in [0.15, 0.2) is 5.17 Å². The van der Waals surface area contributed by atoms with Crippen LogP contribution in [0.5, 0.6) is 5.75 Å². The van der Waals surface area contributed by atoms with E-state index in [1.165, 1.54) is 16.7 Å². The lowest BCUT2D eigenvalue weighted by molar-refractivity contribution is -0.115. The summed E-state index contributed by atoms with van der Waals surface area (Å²) in [6, 6.07) is 15.9. The molecular weight excluding hydrogens is 312 g/mol. The minimum atomic E-state index is -0.373. The van der Waals surface area contributed by atoms with Crippen molar-refractivity contribution in [3.63, 3.8) is 0 Å². The Morgan fingerprint density at radius 3 is 2.57 bits per heavy atom. The average Bonchev–Trinajstić information content (AvgIpc) is 2.95. The third-order valence-electron chi connectivity index (χ3n) is 3.31. The van der Waals surface area contributed by atoms with Gasteiger partial charge in [0.05, 0.1) is 18.6 Å². The summed E-state index contributed by atoms with van der Waals surface area (Å²) in [5.41, 5.74) is 1.07. The van der Waals surface area contributed by atoms with Crippen molar-refractivity contribution >= 4 is 34.4 Å². The summed E-state index contributed by atoms with van der Waals surface area (Å²) in [6.45, 7) is 0. The van der Waals surface area contributed by atoms with Crippen LogP contribution in [0, 0.1) is 0 Å². The highest BCUT2D eigenvalue weighted by Gasteiger charge is 2.32. The maximum atomic E-state index is 12.3. The lowest BCUT2D eigenvalue weighted by Gasteiger charge is -2.18. The summed E-state index contributed by atoms with van der Waals surface area (Å²) in [5.74, 6) is 0.309. The molecule has 0 unspecified atom stereocenters. The zero-order valence-corrected chi connectivity index (χ0v) is 13.2. The molecule has 0 aromatic heterocycles. The molecule has 2 amide bonds. The van der Waals surface area contributed by atoms with Gasteiger partial charge in [0.2, 0.25) is 5.91 Å². The van der Waals surface area contributed by atoms with Crippen molar-refractivity contribution in [2.45, 2.75) is 0 Å². The molecule has 6 heteroatoms. The first-order chi connectivity index (χ1) is 11.2. The molecule has 1 heterocycles. The number of ether oxygens (including phenoxy) is 1. The van der Waals surface area contributed by atoms with Gasteiger partial charge in [-0.25, -0.2) is 0 Å². The van der Waals surface area contributed by atoms with Gasteiger partial charge in [-0.15, -0.1) is 0 Å². The van der Waals surface area contributed by atoms with Crippen LogP contribution in [0.3, 0.4) is 0 Å². The van der Waals surface area contributed by atoms with Gasteiger partial charge in [0.25, 0.3) is 5.91 Å². The number of anilines is 1. The van der Waals surface area contributed by atoms with E-state index in [0.29, 0.717) is 22.2 Å². The molecule has 2 aromatic rings. The molecule has 1 aliphatic heterocycles. The first kappa shape index (κ1) is 15.3. The van der Waals surface area contributed by atoms with Crippen molar-refractivity contribution in [3.8, 4) is 5.75 Å². The van der Waals surface area contributed by atoms with E-state index in [1.54, 1.807) is 43.5 Å². The first-order valence-corrected chi connectivity index (χ1v) is 7.96. The predicted octanol–water partition coefficient (Wildman–Crippen LogP) is 2.97. The Bertz CT molecular complexity index is 774. The number of amidine groups is 1. The summed E-state index contributed by atoms with van der Waals surface area (Å²) in [5, 5.41) is 0.369. The summed E-state index contributed by atoms with van der Waals surface area (Å²) >= 11 is 1.25. The van der Waals surface area contributed by atoms with Crippen LogP contribution in [0.2, 0.25) is 0 Å². The largest absolute Gasteiger partial charge is 0.495 e. The van der Waals surface area contributed by atoms with E-state index in [2.05, 4.69) is 4.99 Å². The van der Waals surface area contributed by atoms with Crippen molar-refractivity contribution in [2.75, 3.05) is 17.8 Å². The molecule has 0 radical (unpaired) electrons. The van der Waals surface area contributed by atoms with Gasteiger partial charge in [0, 0.05) is 5.56 Å². The average molecular weight is 326 g/mol. The molecule has 0 spiro atoms. The maximum Gasteiger partial charge on any atom is 0.279 e. The zero-order valence-electron chi connectivity index (χ0n) is 12.4. The van der Waals surface area contributed by atoms with Gasteiger partial charge in [-0.05, 0) is 24.3 Å². The smallest absolute Gasteiger partial charge is 0.279 e. The highest BCUT2D eigenvalue weighted by atomic mass is 32.2. The molecule has 1 aliphatic rings. The molecule has 3 rings (SSSR count). The SMILES string of the molecule is COc1ccccc1N1C(=O)CSC1=NC(=O)c1ccccc1. The second kappa shape index (κ2) is 6.66. The number of benzene rings is 2. The molecule has 0 bridgehead atoms. The number of aliphatic imine (C=N–C) groups is 1. The Kier molecular flexibility index (Phi) is 4.43. The second-order valence-corrected chi connectivity index (χ2v) is 5.70. The van der Waals surface area contributed by atoms with Crippen molar-refractivity contribution in [3.05, 3.63) is 60.2 Å². The maximum absolute atomic E-state index is 12.3. The molecule has 0 N–H and O–H groups in total. The summed E-state index contributed by atoms with van der Waals surface area (Å²) in [6.07, 6.45) is 0. The van der Waals surface area contributed by atoms with E-state index < -0.39 is 0 Å². The van der Waals surface area contributed by atoms with Crippen LogP contribution in [-0.4, -0.2) is 29.8 Å². The van der Waals surface area contributed by atoms with Crippen LogP contribution in [0.25, 0.3) is 0 Å². The van der Waals surface area contributed by atoms with Crippen molar-refractivity contribution in [2.24, 2.45) is 4.99 Å². The number of hydrogen-bond donors (Lipinski definition) is 0. The molecule has 0 atom stereocenters. The van der Waals surface area contributed by atoms with Crippen LogP contribution in [0.1, 0.15) is 10.4 Å². The number of carbonyl (C=O) groups excluding carboxylic acids is 2. The van der Waals surface area contributed by atoms with Gasteiger partial charge in [-0.1, -0.05) is 42.1 Å². The van der Waals surface area contributed by atoms with E-state index in [0.717, 1.165) is 0 Å². The van der Waals surface area contributed by atoms with E-state index >= 15 is 0 Å². The molecule has 1 fully saturated rings. The van der Waals surface area contributed by atoms with Crippen molar-refractivity contribution in [1.29, 1.82) is 0 Å². The fraction of sp³-hybridized carbons (Fsp3) is 0.118. The number of hydrogen-bond acceptors (Lipinski definition) is 4. The molecule has 0 aliphatic carbocycles. The lowest BCUT2D eigenvalue weighted by atomic mass is 10.2. The fourth-order valence-electron chi connectivity index (χ4n) is 2.23. The Hall–Kier alpha value is -2.60. The normalized spacial score (nSPS) is 16.0. The van der Waals surface area contributed by atoms with Gasteiger partial charge in [-0.2, -0.15) is 4.99 Å². The summed E-state index contributed by atoms with van der Waals surface area (Å²) < 4.78 is 5.30. The number of methoxy groups -OCH3 is 1. The highest BCUT2D eigenvalue weighted by molar-refractivity contribution is 8.15. The minimum Gasteiger partial charge on any atom is -0.495 e. The number of rotatable bonds is 3. The first-order valence-electron chi connectivity index (χ1n) is 6.97. The molecular formula is C17H14N2O3S. The molecule has 2 aromatic carbocycles. The fourth-order valence-corrected chi connectivity index (χ4v) is 3.09.